The highest BCUT2D eigenvalue weighted by atomic mass is 16.5. The van der Waals surface area contributed by atoms with Crippen LogP contribution in [0.4, 0.5) is 0 Å². The van der Waals surface area contributed by atoms with Crippen molar-refractivity contribution < 1.29 is 19.0 Å². The molecule has 0 aromatic heterocycles. The van der Waals surface area contributed by atoms with E-state index in [-0.39, 0.29) is 17.4 Å². The number of hydrogen-bond acceptors (Lipinski definition) is 5. The van der Waals surface area contributed by atoms with Crippen molar-refractivity contribution >= 4 is 5.91 Å². The SMILES string of the molecule is CCOc1cc(C(=O)NC(CN)C(C)(C)C)cc(OCC)c1OCC. The average Bonchev–Trinajstić information content (AvgIpc) is 2.54. The van der Waals surface area contributed by atoms with Gasteiger partial charge in [-0.25, -0.2) is 0 Å². The number of carbonyl (C=O) groups excluding carboxylic acids is 1. The molecule has 1 rings (SSSR count). The van der Waals surface area contributed by atoms with E-state index in [0.717, 1.165) is 0 Å². The van der Waals surface area contributed by atoms with E-state index in [4.69, 9.17) is 19.9 Å². The molecule has 0 heterocycles. The molecule has 0 aliphatic carbocycles. The zero-order chi connectivity index (χ0) is 19.0. The first-order valence-corrected chi connectivity index (χ1v) is 8.85. The van der Waals surface area contributed by atoms with Crippen molar-refractivity contribution in [2.45, 2.75) is 47.6 Å². The summed E-state index contributed by atoms with van der Waals surface area (Å²) in [5, 5.41) is 3.00. The van der Waals surface area contributed by atoms with E-state index in [0.29, 0.717) is 49.2 Å². The highest BCUT2D eigenvalue weighted by molar-refractivity contribution is 5.95. The Balaban J connectivity index is 3.23. The fraction of sp³-hybridized carbons (Fsp3) is 0.632. The molecule has 0 radical (unpaired) electrons. The maximum absolute atomic E-state index is 12.7. The van der Waals surface area contributed by atoms with E-state index in [1.807, 2.05) is 41.5 Å². The predicted octanol–water partition coefficient (Wildman–Crippen LogP) is 2.99. The van der Waals surface area contributed by atoms with Crippen LogP contribution in [0.1, 0.15) is 51.9 Å². The first kappa shape index (κ1) is 21.1. The first-order valence-electron chi connectivity index (χ1n) is 8.85. The van der Waals surface area contributed by atoms with Gasteiger partial charge in [-0.1, -0.05) is 20.8 Å². The number of rotatable bonds is 9. The summed E-state index contributed by atoms with van der Waals surface area (Å²) in [7, 11) is 0. The summed E-state index contributed by atoms with van der Waals surface area (Å²) < 4.78 is 17.0. The minimum Gasteiger partial charge on any atom is -0.490 e. The van der Waals surface area contributed by atoms with E-state index >= 15 is 0 Å². The lowest BCUT2D eigenvalue weighted by atomic mass is 9.86. The van der Waals surface area contributed by atoms with Crippen LogP contribution in [-0.4, -0.2) is 38.3 Å². The maximum atomic E-state index is 12.7. The molecule has 0 aliphatic rings. The lowest BCUT2D eigenvalue weighted by Crippen LogP contribution is -2.48. The van der Waals surface area contributed by atoms with Crippen molar-refractivity contribution in [1.82, 2.24) is 5.32 Å². The number of amides is 1. The minimum atomic E-state index is -0.213. The number of nitrogens with one attached hydrogen (secondary N) is 1. The second kappa shape index (κ2) is 9.51. The number of carbonyl (C=O) groups is 1. The smallest absolute Gasteiger partial charge is 0.251 e. The van der Waals surface area contributed by atoms with Crippen molar-refractivity contribution in [3.8, 4) is 17.2 Å². The van der Waals surface area contributed by atoms with E-state index in [2.05, 4.69) is 5.32 Å². The Hall–Kier alpha value is -1.95. The summed E-state index contributed by atoms with van der Waals surface area (Å²) >= 11 is 0. The van der Waals surface area contributed by atoms with Crippen LogP contribution in [0.15, 0.2) is 12.1 Å². The monoisotopic (exact) mass is 352 g/mol. The summed E-state index contributed by atoms with van der Waals surface area (Å²) in [6.45, 7) is 13.5. The van der Waals surface area contributed by atoms with Crippen molar-refractivity contribution in [2.24, 2.45) is 11.1 Å². The molecule has 1 aromatic rings. The third-order valence-corrected chi connectivity index (χ3v) is 3.76. The second-order valence-corrected chi connectivity index (χ2v) is 6.73. The van der Waals surface area contributed by atoms with Crippen LogP contribution in [0.2, 0.25) is 0 Å². The Labute approximate surface area is 151 Å². The zero-order valence-electron chi connectivity index (χ0n) is 16.3. The molecule has 0 bridgehead atoms. The third-order valence-electron chi connectivity index (χ3n) is 3.76. The summed E-state index contributed by atoms with van der Waals surface area (Å²) in [4.78, 5) is 12.7. The van der Waals surface area contributed by atoms with Crippen LogP contribution in [0, 0.1) is 5.41 Å². The predicted molar refractivity (Wildman–Crippen MR) is 99.7 cm³/mol. The molecule has 6 heteroatoms. The third kappa shape index (κ3) is 5.81. The van der Waals surface area contributed by atoms with Gasteiger partial charge in [-0.2, -0.15) is 0 Å². The molecule has 0 saturated heterocycles. The van der Waals surface area contributed by atoms with Crippen LogP contribution in [0.25, 0.3) is 0 Å². The molecular weight excluding hydrogens is 320 g/mol. The molecule has 6 nitrogen and oxygen atoms in total. The number of hydrogen-bond donors (Lipinski definition) is 2. The van der Waals surface area contributed by atoms with Gasteiger partial charge in [0.05, 0.1) is 19.8 Å². The highest BCUT2D eigenvalue weighted by Gasteiger charge is 2.26. The van der Waals surface area contributed by atoms with Gasteiger partial charge in [-0.05, 0) is 38.3 Å². The van der Waals surface area contributed by atoms with Gasteiger partial charge in [0.25, 0.3) is 5.91 Å². The van der Waals surface area contributed by atoms with Gasteiger partial charge in [0.1, 0.15) is 0 Å². The fourth-order valence-corrected chi connectivity index (χ4v) is 2.39. The summed E-state index contributed by atoms with van der Waals surface area (Å²) in [6.07, 6.45) is 0. The Kier molecular flexibility index (Phi) is 8.03. The van der Waals surface area contributed by atoms with Gasteiger partial charge in [0, 0.05) is 18.2 Å². The highest BCUT2D eigenvalue weighted by Crippen LogP contribution is 2.39. The van der Waals surface area contributed by atoms with E-state index in [1.54, 1.807) is 12.1 Å². The Bertz CT molecular complexity index is 540. The molecule has 0 saturated carbocycles. The number of benzene rings is 1. The summed E-state index contributed by atoms with van der Waals surface area (Å²) in [5.41, 5.74) is 6.14. The van der Waals surface area contributed by atoms with E-state index < -0.39 is 0 Å². The molecule has 0 spiro atoms. The first-order chi connectivity index (χ1) is 11.8. The quantitative estimate of drug-likeness (QED) is 0.714. The van der Waals surface area contributed by atoms with Crippen LogP contribution in [0.5, 0.6) is 17.2 Å². The average molecular weight is 352 g/mol. The van der Waals surface area contributed by atoms with Crippen molar-refractivity contribution in [2.75, 3.05) is 26.4 Å². The van der Waals surface area contributed by atoms with E-state index in [9.17, 15) is 4.79 Å². The van der Waals surface area contributed by atoms with Crippen molar-refractivity contribution in [3.05, 3.63) is 17.7 Å². The number of nitrogens with two attached hydrogens (primary N) is 1. The van der Waals surface area contributed by atoms with E-state index in [1.165, 1.54) is 0 Å². The van der Waals surface area contributed by atoms with Crippen molar-refractivity contribution in [1.29, 1.82) is 0 Å². The molecule has 1 aromatic carbocycles. The van der Waals surface area contributed by atoms with Crippen LogP contribution >= 0.6 is 0 Å². The molecular formula is C19H32N2O4. The molecule has 142 valence electrons. The molecule has 0 fully saturated rings. The Morgan fingerprint density at radius 3 is 1.88 bits per heavy atom. The van der Waals surface area contributed by atoms with Gasteiger partial charge in [0.2, 0.25) is 5.75 Å². The molecule has 25 heavy (non-hydrogen) atoms. The normalized spacial score (nSPS) is 12.4. The van der Waals surface area contributed by atoms with Crippen molar-refractivity contribution in [3.63, 3.8) is 0 Å². The minimum absolute atomic E-state index is 0.138. The lowest BCUT2D eigenvalue weighted by Gasteiger charge is -2.30. The Morgan fingerprint density at radius 2 is 1.52 bits per heavy atom. The molecule has 1 amide bonds. The standard InChI is InChI=1S/C19H32N2O4/c1-7-23-14-10-13(11-15(24-8-2)17(14)25-9-3)18(22)21-16(12-20)19(4,5)6/h10-11,16H,7-9,12,20H2,1-6H3,(H,21,22). The lowest BCUT2D eigenvalue weighted by molar-refractivity contribution is 0.0904. The van der Waals surface area contributed by atoms with Crippen LogP contribution < -0.4 is 25.3 Å². The molecule has 3 N–H and O–H groups in total. The topological polar surface area (TPSA) is 82.8 Å². The fourth-order valence-electron chi connectivity index (χ4n) is 2.39. The van der Waals surface area contributed by atoms with Gasteiger partial charge >= 0.3 is 0 Å². The second-order valence-electron chi connectivity index (χ2n) is 6.73. The maximum Gasteiger partial charge on any atom is 0.251 e. The van der Waals surface area contributed by atoms with Gasteiger partial charge in [-0.15, -0.1) is 0 Å². The molecule has 0 aliphatic heterocycles. The Morgan fingerprint density at radius 1 is 1.04 bits per heavy atom. The van der Waals surface area contributed by atoms with Crippen LogP contribution in [0.3, 0.4) is 0 Å². The molecule has 1 atom stereocenters. The van der Waals surface area contributed by atoms with Gasteiger partial charge in [0.15, 0.2) is 11.5 Å². The number of ether oxygens (including phenoxy) is 3. The summed E-state index contributed by atoms with van der Waals surface area (Å²) in [5.74, 6) is 1.31. The zero-order valence-corrected chi connectivity index (χ0v) is 16.3. The molecule has 1 unspecified atom stereocenters. The van der Waals surface area contributed by atoms with Gasteiger partial charge < -0.3 is 25.3 Å². The van der Waals surface area contributed by atoms with Crippen LogP contribution in [-0.2, 0) is 0 Å². The summed E-state index contributed by atoms with van der Waals surface area (Å²) in [6, 6.07) is 3.23. The van der Waals surface area contributed by atoms with Gasteiger partial charge in [-0.3, -0.25) is 4.79 Å². The largest absolute Gasteiger partial charge is 0.490 e.